The number of rotatable bonds is 8. The number of H-pyrrole nitrogens is 1. The van der Waals surface area contributed by atoms with Crippen molar-refractivity contribution in [2.24, 2.45) is 0 Å². The van der Waals surface area contributed by atoms with E-state index < -0.39 is 6.10 Å². The van der Waals surface area contributed by atoms with Crippen molar-refractivity contribution >= 4 is 0 Å². The minimum atomic E-state index is -0.603. The quantitative estimate of drug-likeness (QED) is 0.362. The van der Waals surface area contributed by atoms with Crippen molar-refractivity contribution in [2.45, 2.75) is 40.7 Å². The molecule has 1 unspecified atom stereocenters. The van der Waals surface area contributed by atoms with Crippen molar-refractivity contribution in [1.82, 2.24) is 30.6 Å². The summed E-state index contributed by atoms with van der Waals surface area (Å²) >= 11 is 0. The molecule has 9 nitrogen and oxygen atoms in total. The van der Waals surface area contributed by atoms with Crippen LogP contribution in [0.5, 0.6) is 5.75 Å². The zero-order valence-corrected chi connectivity index (χ0v) is 20.4. The molecular weight excluding hydrogens is 432 g/mol. The number of ether oxygens (including phenoxy) is 1. The fraction of sp³-hybridized carbons (Fsp3) is 0.360. The highest BCUT2D eigenvalue weighted by Crippen LogP contribution is 2.36. The predicted octanol–water partition coefficient (Wildman–Crippen LogP) is 3.69. The van der Waals surface area contributed by atoms with E-state index in [0.29, 0.717) is 23.9 Å². The largest absolute Gasteiger partial charge is 0.491 e. The summed E-state index contributed by atoms with van der Waals surface area (Å²) in [6.07, 6.45) is -0.603. The molecule has 0 radical (unpaired) electrons. The number of aromatic amines is 1. The molecule has 0 amide bonds. The first-order valence-corrected chi connectivity index (χ1v) is 11.2. The molecule has 3 aromatic heterocycles. The average molecular weight is 463 g/mol. The summed E-state index contributed by atoms with van der Waals surface area (Å²) in [7, 11) is 1.79. The van der Waals surface area contributed by atoms with Crippen LogP contribution in [-0.2, 0) is 0 Å². The van der Waals surface area contributed by atoms with Crippen LogP contribution >= 0.6 is 0 Å². The Hall–Kier alpha value is -3.56. The van der Waals surface area contributed by atoms with Gasteiger partial charge in [-0.25, -0.2) is 9.97 Å². The number of benzene rings is 1. The van der Waals surface area contributed by atoms with Crippen LogP contribution in [0.3, 0.4) is 0 Å². The number of aryl methyl sites for hydroxylation is 4. The van der Waals surface area contributed by atoms with Gasteiger partial charge in [0.05, 0.1) is 28.3 Å². The Bertz CT molecular complexity index is 1200. The molecule has 9 heteroatoms. The smallest absolute Gasteiger partial charge is 0.160 e. The van der Waals surface area contributed by atoms with Crippen molar-refractivity contribution < 1.29 is 14.4 Å². The maximum atomic E-state index is 9.98. The second-order valence-electron chi connectivity index (χ2n) is 8.43. The van der Waals surface area contributed by atoms with Gasteiger partial charge in [0, 0.05) is 28.9 Å². The minimum Gasteiger partial charge on any atom is -0.491 e. The maximum Gasteiger partial charge on any atom is 0.160 e. The first kappa shape index (κ1) is 23.6. The first-order valence-electron chi connectivity index (χ1n) is 11.2. The Balaban J connectivity index is 1.85. The molecule has 3 heterocycles. The van der Waals surface area contributed by atoms with E-state index in [1.54, 1.807) is 7.05 Å². The van der Waals surface area contributed by atoms with Crippen LogP contribution < -0.4 is 10.1 Å². The van der Waals surface area contributed by atoms with Crippen LogP contribution in [0.25, 0.3) is 33.9 Å². The molecule has 0 spiro atoms. The molecule has 3 N–H and O–H groups in total. The Labute approximate surface area is 198 Å². The van der Waals surface area contributed by atoms with Gasteiger partial charge in [0.15, 0.2) is 5.82 Å². The van der Waals surface area contributed by atoms with Gasteiger partial charge < -0.3 is 19.7 Å². The Morgan fingerprint density at radius 2 is 1.79 bits per heavy atom. The maximum absolute atomic E-state index is 9.98. The third-order valence-electron chi connectivity index (χ3n) is 5.76. The van der Waals surface area contributed by atoms with Gasteiger partial charge >= 0.3 is 0 Å². The first-order chi connectivity index (χ1) is 16.3. The standard InChI is InChI=1S/C25H30N6O3/c1-13-23(21-14(2)29-30-15(21)3)27-25(28-24(13)22-16(4)31-34-17(22)5)18-8-7-9-20(10-18)33-12-19(32)11-26-6/h7-10,19,26,32H,11-12H2,1-6H3,(H,29,30). The van der Waals surface area contributed by atoms with Gasteiger partial charge in [-0.2, -0.15) is 5.10 Å². The lowest BCUT2D eigenvalue weighted by molar-refractivity contribution is 0.108. The second kappa shape index (κ2) is 9.74. The summed E-state index contributed by atoms with van der Waals surface area (Å²) in [6.45, 7) is 10.4. The van der Waals surface area contributed by atoms with Crippen molar-refractivity contribution in [1.29, 1.82) is 0 Å². The lowest BCUT2D eigenvalue weighted by Crippen LogP contribution is -2.29. The average Bonchev–Trinajstić information content (AvgIpc) is 3.33. The molecule has 178 valence electrons. The summed E-state index contributed by atoms with van der Waals surface area (Å²) in [6, 6.07) is 7.57. The third-order valence-corrected chi connectivity index (χ3v) is 5.76. The number of nitrogens with zero attached hydrogens (tertiary/aromatic N) is 4. The van der Waals surface area contributed by atoms with Crippen LogP contribution in [-0.4, -0.2) is 56.7 Å². The summed E-state index contributed by atoms with van der Waals surface area (Å²) in [4.78, 5) is 9.91. The second-order valence-corrected chi connectivity index (χ2v) is 8.43. The highest BCUT2D eigenvalue weighted by Gasteiger charge is 2.23. The number of hydrogen-bond acceptors (Lipinski definition) is 8. The van der Waals surface area contributed by atoms with E-state index >= 15 is 0 Å². The Morgan fingerprint density at radius 3 is 2.41 bits per heavy atom. The number of hydrogen-bond donors (Lipinski definition) is 3. The summed E-state index contributed by atoms with van der Waals surface area (Å²) < 4.78 is 11.2. The molecule has 1 atom stereocenters. The van der Waals surface area contributed by atoms with E-state index in [-0.39, 0.29) is 6.61 Å². The topological polar surface area (TPSA) is 122 Å². The third kappa shape index (κ3) is 4.57. The normalized spacial score (nSPS) is 12.2. The van der Waals surface area contributed by atoms with Crippen LogP contribution in [0, 0.1) is 34.6 Å². The van der Waals surface area contributed by atoms with E-state index in [2.05, 4.69) is 20.7 Å². The van der Waals surface area contributed by atoms with Gasteiger partial charge in [-0.3, -0.25) is 5.10 Å². The van der Waals surface area contributed by atoms with Crippen molar-refractivity contribution in [3.63, 3.8) is 0 Å². The minimum absolute atomic E-state index is 0.183. The molecule has 1 aromatic carbocycles. The van der Waals surface area contributed by atoms with Crippen LogP contribution in [0.4, 0.5) is 0 Å². The number of likely N-dealkylation sites (N-methyl/N-ethyl adjacent to an activating group) is 1. The molecular formula is C25H30N6O3. The molecule has 0 fully saturated rings. The number of aliphatic hydroxyl groups excluding tert-OH is 1. The number of aromatic nitrogens is 5. The highest BCUT2D eigenvalue weighted by molar-refractivity contribution is 5.79. The lowest BCUT2D eigenvalue weighted by Gasteiger charge is -2.15. The van der Waals surface area contributed by atoms with Gasteiger partial charge in [-0.05, 0) is 53.8 Å². The SMILES string of the molecule is CNCC(O)COc1cccc(-c2nc(-c3c(C)n[nH]c3C)c(C)c(-c3c(C)noc3C)n2)c1. The van der Waals surface area contributed by atoms with E-state index in [9.17, 15) is 5.11 Å². The molecule has 0 saturated carbocycles. The van der Waals surface area contributed by atoms with E-state index in [1.807, 2.05) is 58.9 Å². The molecule has 0 aliphatic carbocycles. The van der Waals surface area contributed by atoms with Crippen LogP contribution in [0.15, 0.2) is 28.8 Å². The van der Waals surface area contributed by atoms with Gasteiger partial charge in [-0.15, -0.1) is 0 Å². The number of nitrogens with one attached hydrogen (secondary N) is 2. The Kier molecular flexibility index (Phi) is 6.76. The summed E-state index contributed by atoms with van der Waals surface area (Å²) in [5.74, 6) is 1.89. The summed E-state index contributed by atoms with van der Waals surface area (Å²) in [5, 5.41) is 24.5. The van der Waals surface area contributed by atoms with Crippen molar-refractivity contribution in [3.05, 3.63) is 52.7 Å². The zero-order valence-electron chi connectivity index (χ0n) is 20.4. The Morgan fingerprint density at radius 1 is 1.06 bits per heavy atom. The predicted molar refractivity (Wildman–Crippen MR) is 130 cm³/mol. The lowest BCUT2D eigenvalue weighted by atomic mass is 9.98. The summed E-state index contributed by atoms with van der Waals surface area (Å²) in [5.41, 5.74) is 7.69. The van der Waals surface area contributed by atoms with Gasteiger partial charge in [0.25, 0.3) is 0 Å². The highest BCUT2D eigenvalue weighted by atomic mass is 16.5. The van der Waals surface area contributed by atoms with Gasteiger partial charge in [0.2, 0.25) is 0 Å². The molecule has 4 aromatic rings. The molecule has 0 saturated heterocycles. The van der Waals surface area contributed by atoms with Gasteiger partial charge in [-0.1, -0.05) is 17.3 Å². The van der Waals surface area contributed by atoms with E-state index in [4.69, 9.17) is 19.2 Å². The van der Waals surface area contributed by atoms with Gasteiger partial charge in [0.1, 0.15) is 24.2 Å². The van der Waals surface area contributed by atoms with Crippen molar-refractivity contribution in [3.8, 4) is 39.7 Å². The fourth-order valence-corrected chi connectivity index (χ4v) is 4.07. The van der Waals surface area contributed by atoms with E-state index in [0.717, 1.165) is 50.7 Å². The zero-order chi connectivity index (χ0) is 24.4. The molecule has 0 aliphatic rings. The van der Waals surface area contributed by atoms with E-state index in [1.165, 1.54) is 0 Å². The van der Waals surface area contributed by atoms with Crippen LogP contribution in [0.2, 0.25) is 0 Å². The molecule has 0 aliphatic heterocycles. The van der Waals surface area contributed by atoms with Crippen molar-refractivity contribution in [2.75, 3.05) is 20.2 Å². The van der Waals surface area contributed by atoms with Crippen LogP contribution in [0.1, 0.15) is 28.4 Å². The number of aliphatic hydroxyl groups is 1. The fourth-order valence-electron chi connectivity index (χ4n) is 4.07. The monoisotopic (exact) mass is 462 g/mol. The molecule has 34 heavy (non-hydrogen) atoms. The molecule has 0 bridgehead atoms. The molecule has 4 rings (SSSR count).